The molecule has 0 aromatic carbocycles. The van der Waals surface area contributed by atoms with E-state index < -0.39 is 11.0 Å². The van der Waals surface area contributed by atoms with Crippen LogP contribution >= 0.6 is 0 Å². The van der Waals surface area contributed by atoms with Gasteiger partial charge in [-0.1, -0.05) is 13.8 Å². The molecular weight excluding hydrogens is 224 g/mol. The number of rotatable bonds is 1. The normalized spacial score (nSPS) is 39.4. The third-order valence-electron chi connectivity index (χ3n) is 5.46. The molecule has 0 bridgehead atoms. The summed E-state index contributed by atoms with van der Waals surface area (Å²) < 4.78 is 0. The van der Waals surface area contributed by atoms with Crippen LogP contribution in [0.3, 0.4) is 0 Å². The molecule has 1 heterocycles. The van der Waals surface area contributed by atoms with Crippen LogP contribution in [0.15, 0.2) is 0 Å². The predicted octanol–water partition coefficient (Wildman–Crippen LogP) is 2.55. The van der Waals surface area contributed by atoms with E-state index in [1.165, 1.54) is 0 Å². The van der Waals surface area contributed by atoms with E-state index in [0.717, 1.165) is 32.1 Å². The Hall–Kier alpha value is -0.590. The Morgan fingerprint density at radius 3 is 2.17 bits per heavy atom. The Balaban J connectivity index is 2.22. The zero-order valence-corrected chi connectivity index (χ0v) is 12.2. The minimum atomic E-state index is -0.813. The molecule has 18 heavy (non-hydrogen) atoms. The lowest BCUT2D eigenvalue weighted by atomic mass is 9.58. The highest BCUT2D eigenvalue weighted by atomic mass is 16.3. The van der Waals surface area contributed by atoms with E-state index in [1.807, 2.05) is 7.05 Å². The second-order valence-electron chi connectivity index (χ2n) is 7.36. The minimum absolute atomic E-state index is 0.326. The monoisotopic (exact) mass is 250 g/mol. The molecule has 2 atom stereocenters. The van der Waals surface area contributed by atoms with E-state index in [1.54, 1.807) is 0 Å². The van der Waals surface area contributed by atoms with Gasteiger partial charge in [-0.25, -0.2) is 0 Å². The molecule has 0 radical (unpaired) electrons. The molecule has 1 saturated heterocycles. The maximum absolute atomic E-state index is 11.0. The molecule has 1 aliphatic heterocycles. The molecule has 0 aromatic heterocycles. The molecule has 3 nitrogen and oxygen atoms in total. The molecule has 0 spiro atoms. The van der Waals surface area contributed by atoms with Crippen LogP contribution < -0.4 is 0 Å². The third kappa shape index (κ3) is 2.06. The van der Waals surface area contributed by atoms with Gasteiger partial charge in [-0.3, -0.25) is 0 Å². The summed E-state index contributed by atoms with van der Waals surface area (Å²) in [7, 11) is 2.04. The highest BCUT2D eigenvalue weighted by Crippen LogP contribution is 2.53. The van der Waals surface area contributed by atoms with E-state index in [2.05, 4.69) is 31.7 Å². The molecule has 2 rings (SSSR count). The van der Waals surface area contributed by atoms with Gasteiger partial charge in [0.1, 0.15) is 0 Å². The van der Waals surface area contributed by atoms with Crippen LogP contribution in [-0.4, -0.2) is 35.2 Å². The van der Waals surface area contributed by atoms with Crippen molar-refractivity contribution in [3.05, 3.63) is 0 Å². The van der Waals surface area contributed by atoms with Crippen molar-refractivity contribution in [3.63, 3.8) is 0 Å². The van der Waals surface area contributed by atoms with Gasteiger partial charge in [0.2, 0.25) is 0 Å². The quantitative estimate of drug-likeness (QED) is 0.778. The molecule has 0 amide bonds. The van der Waals surface area contributed by atoms with Gasteiger partial charge in [-0.2, -0.15) is 5.26 Å². The number of aliphatic hydroxyl groups is 1. The number of nitrogens with zero attached hydrogens (tertiary/aromatic N) is 2. The zero-order valence-electron chi connectivity index (χ0n) is 12.2. The summed E-state index contributed by atoms with van der Waals surface area (Å²) in [6.45, 7) is 7.31. The number of hydrogen-bond donors (Lipinski definition) is 1. The van der Waals surface area contributed by atoms with Crippen LogP contribution in [0.5, 0.6) is 0 Å². The van der Waals surface area contributed by atoms with Crippen molar-refractivity contribution in [3.8, 4) is 6.07 Å². The molecule has 102 valence electrons. The lowest BCUT2D eigenvalue weighted by Crippen LogP contribution is -2.51. The number of likely N-dealkylation sites (N-methyl/N-ethyl adjacent to an activating group) is 1. The van der Waals surface area contributed by atoms with Crippen molar-refractivity contribution >= 4 is 0 Å². The molecule has 1 saturated carbocycles. The van der Waals surface area contributed by atoms with Crippen LogP contribution in [0, 0.1) is 22.2 Å². The van der Waals surface area contributed by atoms with Gasteiger partial charge in [0.25, 0.3) is 0 Å². The molecular formula is C15H26N2O. The first kappa shape index (κ1) is 13.8. The summed E-state index contributed by atoms with van der Waals surface area (Å²) in [6.07, 6.45) is 4.50. The van der Waals surface area contributed by atoms with Gasteiger partial charge in [-0.15, -0.1) is 0 Å². The average Bonchev–Trinajstić information content (AvgIpc) is 2.55. The van der Waals surface area contributed by atoms with Crippen LogP contribution in [0.4, 0.5) is 0 Å². The van der Waals surface area contributed by atoms with Crippen molar-refractivity contribution in [2.24, 2.45) is 10.8 Å². The van der Waals surface area contributed by atoms with E-state index in [9.17, 15) is 10.4 Å². The van der Waals surface area contributed by atoms with E-state index in [-0.39, 0.29) is 0 Å². The van der Waals surface area contributed by atoms with E-state index >= 15 is 0 Å². The van der Waals surface area contributed by atoms with Gasteiger partial charge in [-0.05, 0) is 51.5 Å². The van der Waals surface area contributed by atoms with Crippen molar-refractivity contribution in [1.29, 1.82) is 5.26 Å². The third-order valence-corrected chi connectivity index (χ3v) is 5.46. The maximum Gasteiger partial charge on any atom is 0.0974 e. The molecule has 1 N–H and O–H groups in total. The smallest absolute Gasteiger partial charge is 0.0974 e. The number of hydrogen-bond acceptors (Lipinski definition) is 3. The molecule has 0 aromatic rings. The van der Waals surface area contributed by atoms with Gasteiger partial charge in [0.15, 0.2) is 0 Å². The first-order valence-electron chi connectivity index (χ1n) is 7.08. The zero-order chi connectivity index (χ0) is 13.6. The number of likely N-dealkylation sites (tertiary alicyclic amines) is 1. The molecule has 2 aliphatic rings. The second-order valence-corrected chi connectivity index (χ2v) is 7.36. The van der Waals surface area contributed by atoms with Gasteiger partial charge >= 0.3 is 0 Å². The Morgan fingerprint density at radius 2 is 1.78 bits per heavy atom. The number of nitriles is 1. The van der Waals surface area contributed by atoms with Crippen molar-refractivity contribution in [2.45, 2.75) is 64.5 Å². The van der Waals surface area contributed by atoms with Gasteiger partial charge in [0.05, 0.1) is 17.1 Å². The summed E-state index contributed by atoms with van der Waals surface area (Å²) >= 11 is 0. The SMILES string of the molecule is CC1CC(O)(C2(C#N)CCC(C)(C)CC2)CN1C. The first-order chi connectivity index (χ1) is 8.24. The Morgan fingerprint density at radius 1 is 1.22 bits per heavy atom. The Kier molecular flexibility index (Phi) is 3.24. The summed E-state index contributed by atoms with van der Waals surface area (Å²) in [6, 6.07) is 2.87. The Bertz CT molecular complexity index is 349. The van der Waals surface area contributed by atoms with Gasteiger partial charge in [0, 0.05) is 12.6 Å². The maximum atomic E-state index is 11.0. The molecule has 1 aliphatic carbocycles. The number of β-amino-alcohol motifs (C(OH)–C–C–N with tert-alkyl or cyclic N) is 1. The van der Waals surface area contributed by atoms with Crippen molar-refractivity contribution in [2.75, 3.05) is 13.6 Å². The fraction of sp³-hybridized carbons (Fsp3) is 0.933. The van der Waals surface area contributed by atoms with Crippen LogP contribution in [-0.2, 0) is 0 Å². The average molecular weight is 250 g/mol. The lowest BCUT2D eigenvalue weighted by molar-refractivity contribution is -0.0757. The largest absolute Gasteiger partial charge is 0.387 e. The van der Waals surface area contributed by atoms with E-state index in [4.69, 9.17) is 0 Å². The van der Waals surface area contributed by atoms with Crippen LogP contribution in [0.1, 0.15) is 52.9 Å². The molecule has 3 heteroatoms. The summed E-state index contributed by atoms with van der Waals surface area (Å²) in [5.74, 6) is 0. The standard InChI is InChI=1S/C15H26N2O/c1-12-9-15(18,11-17(12)4)14(10-16)7-5-13(2,3)6-8-14/h12,18H,5-9,11H2,1-4H3. The minimum Gasteiger partial charge on any atom is -0.387 e. The van der Waals surface area contributed by atoms with Crippen molar-refractivity contribution in [1.82, 2.24) is 4.90 Å². The fourth-order valence-corrected chi connectivity index (χ4v) is 3.66. The molecule has 2 fully saturated rings. The second kappa shape index (κ2) is 4.21. The highest BCUT2D eigenvalue weighted by Gasteiger charge is 2.57. The molecule has 2 unspecified atom stereocenters. The van der Waals surface area contributed by atoms with Crippen LogP contribution in [0.25, 0.3) is 0 Å². The highest BCUT2D eigenvalue weighted by molar-refractivity contribution is 5.17. The van der Waals surface area contributed by atoms with Crippen LogP contribution in [0.2, 0.25) is 0 Å². The van der Waals surface area contributed by atoms with E-state index in [0.29, 0.717) is 18.0 Å². The summed E-state index contributed by atoms with van der Waals surface area (Å²) in [4.78, 5) is 2.18. The topological polar surface area (TPSA) is 47.3 Å². The summed E-state index contributed by atoms with van der Waals surface area (Å²) in [5.41, 5.74) is -1.01. The van der Waals surface area contributed by atoms with Crippen molar-refractivity contribution < 1.29 is 5.11 Å². The fourth-order valence-electron chi connectivity index (χ4n) is 3.66. The van der Waals surface area contributed by atoms with Gasteiger partial charge < -0.3 is 10.0 Å². The lowest BCUT2D eigenvalue weighted by Gasteiger charge is -2.47. The predicted molar refractivity (Wildman–Crippen MR) is 72.0 cm³/mol. The Labute approximate surface area is 111 Å². The summed E-state index contributed by atoms with van der Waals surface area (Å²) in [5, 5.41) is 20.7. The first-order valence-corrected chi connectivity index (χ1v) is 7.08.